The molecule has 3 aliphatic rings. The van der Waals surface area contributed by atoms with Gasteiger partial charge in [0.15, 0.2) is 0 Å². The van der Waals surface area contributed by atoms with E-state index in [-0.39, 0.29) is 0 Å². The third kappa shape index (κ3) is 0.675. The van der Waals surface area contributed by atoms with E-state index in [9.17, 15) is 0 Å². The van der Waals surface area contributed by atoms with Crippen LogP contribution in [0.25, 0.3) is 0 Å². The summed E-state index contributed by atoms with van der Waals surface area (Å²) in [6, 6.07) is 0. The van der Waals surface area contributed by atoms with Crippen molar-refractivity contribution in [2.45, 2.75) is 28.2 Å². The monoisotopic (exact) mass is 208 g/mol. The van der Waals surface area contributed by atoms with Crippen LogP contribution in [0, 0.1) is 11.8 Å². The fourth-order valence-corrected chi connectivity index (χ4v) is 6.07. The molecule has 5 atom stereocenters. The summed E-state index contributed by atoms with van der Waals surface area (Å²) in [6.45, 7) is 0. The Morgan fingerprint density at radius 3 is 2.82 bits per heavy atom. The molecule has 3 heteroatoms. The first kappa shape index (κ1) is 7.34. The molecule has 1 heterocycles. The second-order valence-corrected chi connectivity index (χ2v) is 6.40. The number of fused-ring (bicyclic) bond motifs is 1. The summed E-state index contributed by atoms with van der Waals surface area (Å²) in [5, 5.41) is 1.23. The standard InChI is InChI=1S/C8H10Cl2S/c9-3-8-2-4-1-5(8)7(11-8)6(4)10/h4-7H,1-3H2/t4-,5-,6-,7-,8+/m0/s1. The van der Waals surface area contributed by atoms with Crippen molar-refractivity contribution < 1.29 is 0 Å². The van der Waals surface area contributed by atoms with E-state index in [1.165, 1.54) is 12.8 Å². The van der Waals surface area contributed by atoms with E-state index >= 15 is 0 Å². The van der Waals surface area contributed by atoms with Gasteiger partial charge in [0.05, 0.1) is 0 Å². The van der Waals surface area contributed by atoms with E-state index in [0.717, 1.165) is 23.0 Å². The van der Waals surface area contributed by atoms with Gasteiger partial charge in [-0.2, -0.15) is 0 Å². The minimum atomic E-state index is 0.468. The van der Waals surface area contributed by atoms with Crippen molar-refractivity contribution in [1.29, 1.82) is 0 Å². The Labute approximate surface area is 81.0 Å². The summed E-state index contributed by atoms with van der Waals surface area (Å²) in [7, 11) is 0. The van der Waals surface area contributed by atoms with Crippen molar-refractivity contribution in [3.63, 3.8) is 0 Å². The molecule has 0 nitrogen and oxygen atoms in total. The normalized spacial score (nSPS) is 64.9. The summed E-state index contributed by atoms with van der Waals surface area (Å²) in [5.41, 5.74) is 0. The van der Waals surface area contributed by atoms with Crippen LogP contribution in [0.3, 0.4) is 0 Å². The fraction of sp³-hybridized carbons (Fsp3) is 1.00. The molecule has 11 heavy (non-hydrogen) atoms. The predicted octanol–water partition coefficient (Wildman–Crippen LogP) is 2.73. The van der Waals surface area contributed by atoms with E-state index in [1.54, 1.807) is 0 Å². The van der Waals surface area contributed by atoms with Crippen molar-refractivity contribution in [2.75, 3.05) is 5.88 Å². The molecule has 2 saturated carbocycles. The lowest BCUT2D eigenvalue weighted by Crippen LogP contribution is -2.55. The second-order valence-electron chi connectivity index (χ2n) is 4.03. The lowest BCUT2D eigenvalue weighted by molar-refractivity contribution is 0.370. The van der Waals surface area contributed by atoms with Gasteiger partial charge in [0.25, 0.3) is 0 Å². The van der Waals surface area contributed by atoms with Crippen LogP contribution in [0.4, 0.5) is 0 Å². The molecule has 0 aromatic carbocycles. The maximum atomic E-state index is 6.25. The highest BCUT2D eigenvalue weighted by atomic mass is 35.5. The van der Waals surface area contributed by atoms with Crippen LogP contribution in [0.5, 0.6) is 0 Å². The van der Waals surface area contributed by atoms with Crippen molar-refractivity contribution in [3.8, 4) is 0 Å². The highest BCUT2D eigenvalue weighted by Crippen LogP contribution is 2.71. The van der Waals surface area contributed by atoms with Gasteiger partial charge in [0.2, 0.25) is 0 Å². The molecule has 0 aromatic rings. The van der Waals surface area contributed by atoms with Crippen LogP contribution in [-0.2, 0) is 0 Å². The van der Waals surface area contributed by atoms with E-state index in [1.807, 2.05) is 0 Å². The topological polar surface area (TPSA) is 0 Å². The smallest absolute Gasteiger partial charge is 0.0486 e. The van der Waals surface area contributed by atoms with E-state index in [2.05, 4.69) is 11.8 Å². The second kappa shape index (κ2) is 2.05. The lowest BCUT2D eigenvalue weighted by atomic mass is 9.87. The van der Waals surface area contributed by atoms with E-state index in [4.69, 9.17) is 23.2 Å². The highest BCUT2D eigenvalue weighted by Gasteiger charge is 2.68. The minimum Gasteiger partial charge on any atom is -0.148 e. The van der Waals surface area contributed by atoms with E-state index in [0.29, 0.717) is 10.1 Å². The molecule has 2 bridgehead atoms. The van der Waals surface area contributed by atoms with Gasteiger partial charge in [0.1, 0.15) is 0 Å². The zero-order valence-electron chi connectivity index (χ0n) is 6.09. The number of hydrogen-bond donors (Lipinski definition) is 0. The Kier molecular flexibility index (Phi) is 1.37. The summed E-state index contributed by atoms with van der Waals surface area (Å²) in [4.78, 5) is 0. The maximum absolute atomic E-state index is 6.25. The summed E-state index contributed by atoms with van der Waals surface area (Å²) < 4.78 is 0.474. The first-order valence-electron chi connectivity index (χ1n) is 4.15. The Balaban J connectivity index is 1.93. The molecule has 0 unspecified atom stereocenters. The van der Waals surface area contributed by atoms with Gasteiger partial charge in [-0.25, -0.2) is 0 Å². The van der Waals surface area contributed by atoms with Gasteiger partial charge in [-0.15, -0.1) is 35.0 Å². The van der Waals surface area contributed by atoms with Gasteiger partial charge in [-0.3, -0.25) is 0 Å². The molecule has 0 N–H and O–H groups in total. The quantitative estimate of drug-likeness (QED) is 0.598. The molecule has 0 amide bonds. The molecule has 0 spiro atoms. The zero-order valence-corrected chi connectivity index (χ0v) is 8.42. The number of rotatable bonds is 1. The summed E-state index contributed by atoms with van der Waals surface area (Å²) >= 11 is 14.3. The van der Waals surface area contributed by atoms with E-state index < -0.39 is 0 Å². The molecule has 1 aliphatic heterocycles. The van der Waals surface area contributed by atoms with Crippen molar-refractivity contribution in [1.82, 2.24) is 0 Å². The first-order valence-corrected chi connectivity index (χ1v) is 6.00. The fourth-order valence-electron chi connectivity index (χ4n) is 3.05. The van der Waals surface area contributed by atoms with Crippen molar-refractivity contribution in [3.05, 3.63) is 0 Å². The SMILES string of the molecule is ClC[C@]12C[C@@H]3C[C@H]1[C@H](S2)[C@H]3Cl. The van der Waals surface area contributed by atoms with Crippen LogP contribution in [0.15, 0.2) is 0 Å². The zero-order chi connectivity index (χ0) is 7.64. The Morgan fingerprint density at radius 1 is 1.55 bits per heavy atom. The number of hydrogen-bond acceptors (Lipinski definition) is 1. The van der Waals surface area contributed by atoms with Crippen LogP contribution in [0.1, 0.15) is 12.8 Å². The Hall–Kier alpha value is 0.930. The molecule has 3 rings (SSSR count). The van der Waals surface area contributed by atoms with Gasteiger partial charge >= 0.3 is 0 Å². The largest absolute Gasteiger partial charge is 0.148 e. The van der Waals surface area contributed by atoms with Crippen molar-refractivity contribution >= 4 is 35.0 Å². The van der Waals surface area contributed by atoms with Gasteiger partial charge < -0.3 is 0 Å². The van der Waals surface area contributed by atoms with Crippen LogP contribution in [-0.4, -0.2) is 21.3 Å². The average Bonchev–Trinajstić information content (AvgIpc) is 2.39. The van der Waals surface area contributed by atoms with Gasteiger partial charge in [-0.05, 0) is 24.7 Å². The molecular formula is C8H10Cl2S. The lowest BCUT2D eigenvalue weighted by Gasteiger charge is -2.53. The Bertz CT molecular complexity index is 206. The Morgan fingerprint density at radius 2 is 2.36 bits per heavy atom. The minimum absolute atomic E-state index is 0.468. The molecule has 62 valence electrons. The highest BCUT2D eigenvalue weighted by molar-refractivity contribution is 8.03. The number of halogens is 2. The first-order chi connectivity index (χ1) is 5.27. The third-order valence-electron chi connectivity index (χ3n) is 3.60. The average molecular weight is 209 g/mol. The number of thioether (sulfide) groups is 1. The molecule has 2 aliphatic carbocycles. The maximum Gasteiger partial charge on any atom is 0.0486 e. The number of alkyl halides is 2. The summed E-state index contributed by atoms with van der Waals surface area (Å²) in [6.07, 6.45) is 2.65. The summed E-state index contributed by atoms with van der Waals surface area (Å²) in [5.74, 6) is 2.52. The molecular weight excluding hydrogens is 199 g/mol. The van der Waals surface area contributed by atoms with Crippen LogP contribution in [0.2, 0.25) is 0 Å². The van der Waals surface area contributed by atoms with Crippen LogP contribution >= 0.6 is 35.0 Å². The van der Waals surface area contributed by atoms with Gasteiger partial charge in [0, 0.05) is 21.3 Å². The molecule has 1 saturated heterocycles. The molecule has 3 fully saturated rings. The molecule has 0 aromatic heterocycles. The van der Waals surface area contributed by atoms with Gasteiger partial charge in [-0.1, -0.05) is 0 Å². The van der Waals surface area contributed by atoms with Crippen LogP contribution < -0.4 is 0 Å². The predicted molar refractivity (Wildman–Crippen MR) is 50.7 cm³/mol. The van der Waals surface area contributed by atoms with Crippen molar-refractivity contribution in [2.24, 2.45) is 11.8 Å². The molecule has 0 radical (unpaired) electrons. The third-order valence-corrected chi connectivity index (χ3v) is 6.99.